The maximum Gasteiger partial charge on any atom is 0.319 e. The zero-order valence-electron chi connectivity index (χ0n) is 14.5. The molecule has 1 aliphatic heterocycles. The van der Waals surface area contributed by atoms with Gasteiger partial charge in [0.25, 0.3) is 0 Å². The number of aryl methyl sites for hydroxylation is 1. The summed E-state index contributed by atoms with van der Waals surface area (Å²) in [4.78, 5) is 16.3. The summed E-state index contributed by atoms with van der Waals surface area (Å²) < 4.78 is 16.8. The maximum absolute atomic E-state index is 11.9. The molecule has 0 amide bonds. The van der Waals surface area contributed by atoms with Gasteiger partial charge in [-0.2, -0.15) is 0 Å². The number of rotatable bonds is 6. The predicted molar refractivity (Wildman–Crippen MR) is 90.5 cm³/mol. The van der Waals surface area contributed by atoms with Crippen LogP contribution in [0.25, 0.3) is 0 Å². The fraction of sp³-hybridized carbons (Fsp3) is 0.647. The molecule has 2 heterocycles. The molecule has 1 aliphatic rings. The smallest absolute Gasteiger partial charge is 0.319 e. The molecule has 0 radical (unpaired) electrons. The van der Waals surface area contributed by atoms with Crippen LogP contribution < -0.4 is 4.74 Å². The van der Waals surface area contributed by atoms with Gasteiger partial charge in [0.2, 0.25) is 5.79 Å². The quantitative estimate of drug-likeness (QED) is 0.738. The first-order chi connectivity index (χ1) is 10.9. The lowest BCUT2D eigenvalue weighted by atomic mass is 10.1. The van der Waals surface area contributed by atoms with E-state index < -0.39 is 5.79 Å². The summed E-state index contributed by atoms with van der Waals surface area (Å²) >= 11 is 1.58. The summed E-state index contributed by atoms with van der Waals surface area (Å²) in [5.74, 6) is 0.702. The van der Waals surface area contributed by atoms with Gasteiger partial charge in [-0.25, -0.2) is 0 Å². The molecule has 1 aromatic rings. The van der Waals surface area contributed by atoms with Crippen LogP contribution >= 0.6 is 11.8 Å². The summed E-state index contributed by atoms with van der Waals surface area (Å²) in [7, 11) is 0. The minimum atomic E-state index is -0.637. The van der Waals surface area contributed by atoms with E-state index in [1.165, 1.54) is 0 Å². The number of carbonyl (C=O) groups excluding carboxylic acids is 1. The Kier molecular flexibility index (Phi) is 5.92. The van der Waals surface area contributed by atoms with Crippen LogP contribution in [0.1, 0.15) is 50.9 Å². The number of pyridine rings is 1. The van der Waals surface area contributed by atoms with E-state index in [-0.39, 0.29) is 11.2 Å². The summed E-state index contributed by atoms with van der Waals surface area (Å²) in [6, 6.07) is 0. The second kappa shape index (κ2) is 7.53. The number of fused-ring (bicyclic) bond motifs is 1. The molecule has 0 spiro atoms. The third-order valence-electron chi connectivity index (χ3n) is 3.68. The van der Waals surface area contributed by atoms with Crippen LogP contribution in [-0.4, -0.2) is 28.6 Å². The maximum atomic E-state index is 11.9. The number of aromatic nitrogens is 1. The van der Waals surface area contributed by atoms with Crippen LogP contribution in [0.2, 0.25) is 0 Å². The van der Waals surface area contributed by atoms with Gasteiger partial charge >= 0.3 is 5.97 Å². The van der Waals surface area contributed by atoms with Crippen LogP contribution in [0.3, 0.4) is 0 Å². The first kappa shape index (κ1) is 18.1. The molecule has 6 heteroatoms. The van der Waals surface area contributed by atoms with Crippen molar-refractivity contribution in [2.45, 2.75) is 64.4 Å². The average molecular weight is 339 g/mol. The fourth-order valence-corrected chi connectivity index (χ4v) is 3.46. The standard InChI is InChI=1S/C17H25NO4S/c1-6-14(16(19)20-7-2)23-10-12-8-18-11(3)15-13(12)9-21-17(4,5)22-15/h8,14H,6-7,9-10H2,1-5H3. The van der Waals surface area contributed by atoms with Crippen molar-refractivity contribution >= 4 is 17.7 Å². The van der Waals surface area contributed by atoms with E-state index in [4.69, 9.17) is 14.2 Å². The van der Waals surface area contributed by atoms with Crippen molar-refractivity contribution < 1.29 is 19.0 Å². The van der Waals surface area contributed by atoms with Gasteiger partial charge in [-0.1, -0.05) is 6.92 Å². The second-order valence-corrected chi connectivity index (χ2v) is 7.12. The Morgan fingerprint density at radius 3 is 2.87 bits per heavy atom. The van der Waals surface area contributed by atoms with Crippen molar-refractivity contribution in [2.24, 2.45) is 0 Å². The molecule has 0 aromatic carbocycles. The third-order valence-corrected chi connectivity index (χ3v) is 5.08. The van der Waals surface area contributed by atoms with E-state index in [1.807, 2.05) is 40.8 Å². The third kappa shape index (κ3) is 4.38. The Hall–Kier alpha value is -1.27. The van der Waals surface area contributed by atoms with Crippen molar-refractivity contribution in [3.05, 3.63) is 23.0 Å². The molecule has 0 N–H and O–H groups in total. The van der Waals surface area contributed by atoms with E-state index in [0.29, 0.717) is 19.0 Å². The van der Waals surface area contributed by atoms with Gasteiger partial charge in [-0.15, -0.1) is 11.8 Å². The van der Waals surface area contributed by atoms with Crippen LogP contribution in [0, 0.1) is 6.92 Å². The number of ether oxygens (including phenoxy) is 3. The Morgan fingerprint density at radius 2 is 2.22 bits per heavy atom. The molecule has 1 aromatic heterocycles. The highest BCUT2D eigenvalue weighted by Crippen LogP contribution is 2.36. The zero-order valence-corrected chi connectivity index (χ0v) is 15.3. The summed E-state index contributed by atoms with van der Waals surface area (Å²) in [5, 5.41) is -0.159. The van der Waals surface area contributed by atoms with E-state index in [0.717, 1.165) is 29.0 Å². The monoisotopic (exact) mass is 339 g/mol. The van der Waals surface area contributed by atoms with Crippen LogP contribution in [-0.2, 0) is 26.6 Å². The Morgan fingerprint density at radius 1 is 1.48 bits per heavy atom. The molecule has 2 rings (SSSR count). The van der Waals surface area contributed by atoms with Crippen molar-refractivity contribution in [1.82, 2.24) is 4.98 Å². The highest BCUT2D eigenvalue weighted by atomic mass is 32.2. The molecule has 5 nitrogen and oxygen atoms in total. The molecule has 0 saturated heterocycles. The van der Waals surface area contributed by atoms with Crippen molar-refractivity contribution in [3.8, 4) is 5.75 Å². The van der Waals surface area contributed by atoms with Gasteiger partial charge in [0.15, 0.2) is 0 Å². The van der Waals surface area contributed by atoms with E-state index in [9.17, 15) is 4.79 Å². The van der Waals surface area contributed by atoms with E-state index >= 15 is 0 Å². The highest BCUT2D eigenvalue weighted by molar-refractivity contribution is 7.99. The molecule has 0 fully saturated rings. The van der Waals surface area contributed by atoms with Gasteiger partial charge in [0.05, 0.1) is 18.9 Å². The molecule has 0 bridgehead atoms. The number of carbonyl (C=O) groups is 1. The van der Waals surface area contributed by atoms with Gasteiger partial charge in [0, 0.05) is 31.4 Å². The topological polar surface area (TPSA) is 57.7 Å². The van der Waals surface area contributed by atoms with Crippen LogP contribution in [0.5, 0.6) is 5.75 Å². The first-order valence-electron chi connectivity index (χ1n) is 7.96. The molecule has 1 atom stereocenters. The molecular weight excluding hydrogens is 314 g/mol. The lowest BCUT2D eigenvalue weighted by molar-refractivity contribution is -0.180. The van der Waals surface area contributed by atoms with Gasteiger partial charge < -0.3 is 14.2 Å². The molecular formula is C17H25NO4S. The van der Waals surface area contributed by atoms with Crippen molar-refractivity contribution in [1.29, 1.82) is 0 Å². The van der Waals surface area contributed by atoms with Gasteiger partial charge in [-0.05, 0) is 25.8 Å². The lowest BCUT2D eigenvalue weighted by Crippen LogP contribution is -2.36. The fourth-order valence-electron chi connectivity index (χ4n) is 2.39. The normalized spacial score (nSPS) is 17.1. The van der Waals surface area contributed by atoms with E-state index in [1.54, 1.807) is 11.8 Å². The van der Waals surface area contributed by atoms with Crippen LogP contribution in [0.15, 0.2) is 6.20 Å². The Bertz CT molecular complexity index is 574. The molecule has 1 unspecified atom stereocenters. The van der Waals surface area contributed by atoms with E-state index in [2.05, 4.69) is 4.98 Å². The number of esters is 1. The Labute approximate surface area is 142 Å². The second-order valence-electron chi connectivity index (χ2n) is 5.93. The van der Waals surface area contributed by atoms with Gasteiger partial charge in [0.1, 0.15) is 11.0 Å². The summed E-state index contributed by atoms with van der Waals surface area (Å²) in [6.45, 7) is 10.4. The van der Waals surface area contributed by atoms with Crippen LogP contribution in [0.4, 0.5) is 0 Å². The molecule has 128 valence electrons. The molecule has 0 aliphatic carbocycles. The molecule has 23 heavy (non-hydrogen) atoms. The molecule has 0 saturated carbocycles. The number of hydrogen-bond donors (Lipinski definition) is 0. The predicted octanol–water partition coefficient (Wildman–Crippen LogP) is 3.61. The average Bonchev–Trinajstić information content (AvgIpc) is 2.50. The number of hydrogen-bond acceptors (Lipinski definition) is 6. The van der Waals surface area contributed by atoms with Gasteiger partial charge in [-0.3, -0.25) is 9.78 Å². The largest absolute Gasteiger partial charge is 0.465 e. The number of nitrogens with zero attached hydrogens (tertiary/aromatic N) is 1. The Balaban J connectivity index is 2.14. The summed E-state index contributed by atoms with van der Waals surface area (Å²) in [5.41, 5.74) is 2.94. The van der Waals surface area contributed by atoms with Crippen molar-refractivity contribution in [2.75, 3.05) is 6.61 Å². The first-order valence-corrected chi connectivity index (χ1v) is 9.01. The highest BCUT2D eigenvalue weighted by Gasteiger charge is 2.30. The lowest BCUT2D eigenvalue weighted by Gasteiger charge is -2.34. The SMILES string of the molecule is CCOC(=O)C(CC)SCc1cnc(C)c2c1COC(C)(C)O2. The number of thioether (sulfide) groups is 1. The van der Waals surface area contributed by atoms with Crippen molar-refractivity contribution in [3.63, 3.8) is 0 Å². The zero-order chi connectivity index (χ0) is 17.0. The minimum absolute atomic E-state index is 0.150. The summed E-state index contributed by atoms with van der Waals surface area (Å²) in [6.07, 6.45) is 2.59. The minimum Gasteiger partial charge on any atom is -0.465 e.